The minimum atomic E-state index is -0.373. The molecule has 0 saturated carbocycles. The quantitative estimate of drug-likeness (QED) is 0.807. The third-order valence-electron chi connectivity index (χ3n) is 5.46. The number of carbonyl (C=O) groups excluding carboxylic acids is 2. The lowest BCUT2D eigenvalue weighted by atomic mass is 9.91. The summed E-state index contributed by atoms with van der Waals surface area (Å²) in [6, 6.07) is 0. The van der Waals surface area contributed by atoms with Crippen LogP contribution in [0, 0.1) is 11.3 Å². The highest BCUT2D eigenvalue weighted by Crippen LogP contribution is 2.25. The van der Waals surface area contributed by atoms with E-state index in [9.17, 15) is 9.59 Å². The van der Waals surface area contributed by atoms with Gasteiger partial charge in [0.2, 0.25) is 11.8 Å². The summed E-state index contributed by atoms with van der Waals surface area (Å²) in [7, 11) is 0. The number of rotatable bonds is 4. The highest BCUT2D eigenvalue weighted by Gasteiger charge is 2.32. The Morgan fingerprint density at radius 3 is 2.41 bits per heavy atom. The minimum Gasteiger partial charge on any atom is -0.373 e. The van der Waals surface area contributed by atoms with E-state index >= 15 is 0 Å². The molecule has 2 aliphatic heterocycles. The molecule has 0 spiro atoms. The number of ether oxygens (including phenoxy) is 1. The predicted molar refractivity (Wildman–Crippen MR) is 115 cm³/mol. The molecule has 2 atom stereocenters. The number of nitrogens with zero attached hydrogens (tertiary/aromatic N) is 3. The fourth-order valence-corrected chi connectivity index (χ4v) is 4.81. The number of thiazole rings is 1. The van der Waals surface area contributed by atoms with E-state index in [2.05, 4.69) is 29.0 Å². The van der Waals surface area contributed by atoms with Gasteiger partial charge in [0.25, 0.3) is 0 Å². The summed E-state index contributed by atoms with van der Waals surface area (Å²) < 4.78 is 5.78. The summed E-state index contributed by atoms with van der Waals surface area (Å²) in [5.74, 6) is 0.113. The van der Waals surface area contributed by atoms with Crippen LogP contribution in [0.1, 0.15) is 53.2 Å². The first-order chi connectivity index (χ1) is 13.6. The van der Waals surface area contributed by atoms with Gasteiger partial charge in [0.05, 0.1) is 17.9 Å². The summed E-state index contributed by atoms with van der Waals surface area (Å²) in [6.45, 7) is 13.9. The number of hydrogen-bond donors (Lipinski definition) is 1. The Hall–Kier alpha value is -1.51. The molecule has 3 heterocycles. The van der Waals surface area contributed by atoms with Crippen molar-refractivity contribution in [1.29, 1.82) is 0 Å². The molecule has 7 nitrogen and oxygen atoms in total. The molecule has 0 aliphatic carbocycles. The van der Waals surface area contributed by atoms with Gasteiger partial charge in [0.1, 0.15) is 0 Å². The maximum absolute atomic E-state index is 12.7. The van der Waals surface area contributed by atoms with Crippen LogP contribution in [-0.2, 0) is 20.9 Å². The number of piperidine rings is 1. The molecule has 2 fully saturated rings. The lowest BCUT2D eigenvalue weighted by molar-refractivity contribution is -0.142. The maximum Gasteiger partial charge on any atom is 0.229 e. The summed E-state index contributed by atoms with van der Waals surface area (Å²) in [5, 5.41) is 5.66. The lowest BCUT2D eigenvalue weighted by Crippen LogP contribution is -2.45. The molecule has 1 aromatic rings. The number of carbonyl (C=O) groups is 2. The molecular formula is C21H34N4O3S. The van der Waals surface area contributed by atoms with E-state index in [1.807, 2.05) is 31.1 Å². The van der Waals surface area contributed by atoms with Gasteiger partial charge in [-0.25, -0.2) is 4.98 Å². The van der Waals surface area contributed by atoms with E-state index in [4.69, 9.17) is 4.74 Å². The Bertz CT molecular complexity index is 712. The van der Waals surface area contributed by atoms with Crippen LogP contribution >= 0.6 is 11.3 Å². The normalized spacial score (nSPS) is 24.5. The molecule has 0 radical (unpaired) electrons. The Labute approximate surface area is 177 Å². The van der Waals surface area contributed by atoms with Gasteiger partial charge in [-0.15, -0.1) is 11.3 Å². The van der Waals surface area contributed by atoms with Crippen molar-refractivity contribution in [2.75, 3.05) is 31.5 Å². The van der Waals surface area contributed by atoms with Gasteiger partial charge in [-0.2, -0.15) is 0 Å². The summed E-state index contributed by atoms with van der Waals surface area (Å²) >= 11 is 1.48. The van der Waals surface area contributed by atoms with E-state index in [0.717, 1.165) is 25.3 Å². The fraction of sp³-hybridized carbons (Fsp3) is 0.762. The van der Waals surface area contributed by atoms with Crippen molar-refractivity contribution >= 4 is 28.3 Å². The van der Waals surface area contributed by atoms with Crippen LogP contribution < -0.4 is 5.32 Å². The zero-order chi connectivity index (χ0) is 21.2. The van der Waals surface area contributed by atoms with E-state index < -0.39 is 0 Å². The molecule has 1 N–H and O–H groups in total. The number of morpholine rings is 1. The van der Waals surface area contributed by atoms with Gasteiger partial charge in [-0.3, -0.25) is 14.5 Å². The molecule has 2 amide bonds. The Morgan fingerprint density at radius 1 is 1.21 bits per heavy atom. The molecule has 29 heavy (non-hydrogen) atoms. The first-order valence-corrected chi connectivity index (χ1v) is 11.4. The first kappa shape index (κ1) is 22.2. The van der Waals surface area contributed by atoms with Crippen LogP contribution in [0.3, 0.4) is 0 Å². The molecule has 0 bridgehead atoms. The van der Waals surface area contributed by atoms with Crippen molar-refractivity contribution in [3.8, 4) is 0 Å². The SMILES string of the molecule is CC1CN(Cc2csc(NC(=O)C3CCN(C(=O)C(C)(C)C)CC3)n2)CC(C)O1. The summed E-state index contributed by atoms with van der Waals surface area (Å²) in [4.78, 5) is 33.9. The number of anilines is 1. The van der Waals surface area contributed by atoms with Crippen LogP contribution in [0.25, 0.3) is 0 Å². The van der Waals surface area contributed by atoms with Gasteiger partial charge in [-0.05, 0) is 26.7 Å². The second-order valence-corrected chi connectivity index (χ2v) is 10.3. The van der Waals surface area contributed by atoms with Crippen molar-refractivity contribution < 1.29 is 14.3 Å². The zero-order valence-corrected chi connectivity index (χ0v) is 19.1. The average molecular weight is 423 g/mol. The molecule has 3 rings (SSSR count). The monoisotopic (exact) mass is 422 g/mol. The molecule has 0 aromatic carbocycles. The van der Waals surface area contributed by atoms with Crippen molar-refractivity contribution in [2.45, 2.75) is 66.2 Å². The zero-order valence-electron chi connectivity index (χ0n) is 18.2. The highest BCUT2D eigenvalue weighted by molar-refractivity contribution is 7.13. The summed E-state index contributed by atoms with van der Waals surface area (Å²) in [6.07, 6.45) is 1.87. The predicted octanol–water partition coefficient (Wildman–Crippen LogP) is 2.98. The van der Waals surface area contributed by atoms with Gasteiger partial charge in [0.15, 0.2) is 5.13 Å². The molecule has 2 saturated heterocycles. The number of likely N-dealkylation sites (tertiary alicyclic amines) is 1. The van der Waals surface area contributed by atoms with Crippen LogP contribution in [-0.4, -0.2) is 65.0 Å². The summed E-state index contributed by atoms with van der Waals surface area (Å²) in [5.41, 5.74) is 0.611. The van der Waals surface area contributed by atoms with Gasteiger partial charge in [0, 0.05) is 49.4 Å². The van der Waals surface area contributed by atoms with Crippen molar-refractivity contribution in [1.82, 2.24) is 14.8 Å². The molecule has 162 valence electrons. The fourth-order valence-electron chi connectivity index (χ4n) is 4.11. The van der Waals surface area contributed by atoms with Crippen molar-refractivity contribution in [3.05, 3.63) is 11.1 Å². The van der Waals surface area contributed by atoms with Crippen molar-refractivity contribution in [3.63, 3.8) is 0 Å². The first-order valence-electron chi connectivity index (χ1n) is 10.5. The number of aromatic nitrogens is 1. The smallest absolute Gasteiger partial charge is 0.229 e. The molecule has 1 aromatic heterocycles. The van der Waals surface area contributed by atoms with Crippen molar-refractivity contribution in [2.24, 2.45) is 11.3 Å². The lowest BCUT2D eigenvalue weighted by Gasteiger charge is -2.35. The Morgan fingerprint density at radius 2 is 1.83 bits per heavy atom. The second kappa shape index (κ2) is 9.10. The third-order valence-corrected chi connectivity index (χ3v) is 6.26. The largest absolute Gasteiger partial charge is 0.373 e. The Balaban J connectivity index is 1.48. The molecule has 8 heteroatoms. The molecular weight excluding hydrogens is 388 g/mol. The average Bonchev–Trinajstić information content (AvgIpc) is 3.06. The topological polar surface area (TPSA) is 74.8 Å². The number of hydrogen-bond acceptors (Lipinski definition) is 6. The molecule has 2 aliphatic rings. The van der Waals surface area contributed by atoms with E-state index in [0.29, 0.717) is 31.1 Å². The van der Waals surface area contributed by atoms with E-state index in [1.54, 1.807) is 0 Å². The van der Waals surface area contributed by atoms with E-state index in [-0.39, 0.29) is 35.4 Å². The number of amides is 2. The van der Waals surface area contributed by atoms with Gasteiger partial charge >= 0.3 is 0 Å². The van der Waals surface area contributed by atoms with Gasteiger partial charge < -0.3 is 15.0 Å². The van der Waals surface area contributed by atoms with E-state index in [1.165, 1.54) is 11.3 Å². The second-order valence-electron chi connectivity index (χ2n) is 9.40. The van der Waals surface area contributed by atoms with Crippen LogP contribution in [0.5, 0.6) is 0 Å². The standard InChI is InChI=1S/C21H34N4O3S/c1-14-10-24(11-15(2)28-14)12-17-13-29-20(22-17)23-18(26)16-6-8-25(9-7-16)19(27)21(3,4)5/h13-16H,6-12H2,1-5H3,(H,22,23,26). The maximum atomic E-state index is 12.7. The Kier molecular flexibility index (Phi) is 6.96. The third kappa shape index (κ3) is 5.99. The number of nitrogens with one attached hydrogen (secondary N) is 1. The van der Waals surface area contributed by atoms with Crippen LogP contribution in [0.2, 0.25) is 0 Å². The highest BCUT2D eigenvalue weighted by atomic mass is 32.1. The van der Waals surface area contributed by atoms with Gasteiger partial charge in [-0.1, -0.05) is 20.8 Å². The van der Waals surface area contributed by atoms with Crippen LogP contribution in [0.15, 0.2) is 5.38 Å². The van der Waals surface area contributed by atoms with Crippen LogP contribution in [0.4, 0.5) is 5.13 Å². The minimum absolute atomic E-state index is 0.0161. The molecule has 2 unspecified atom stereocenters.